The van der Waals surface area contributed by atoms with Crippen molar-refractivity contribution in [3.63, 3.8) is 0 Å². The maximum atomic E-state index is 12.3. The van der Waals surface area contributed by atoms with E-state index in [9.17, 15) is 14.4 Å². The van der Waals surface area contributed by atoms with Gasteiger partial charge < -0.3 is 14.7 Å². The third-order valence-corrected chi connectivity index (χ3v) is 4.56. The van der Waals surface area contributed by atoms with Gasteiger partial charge in [0.1, 0.15) is 0 Å². The van der Waals surface area contributed by atoms with Crippen molar-refractivity contribution in [2.24, 2.45) is 0 Å². The molecule has 0 bridgehead atoms. The second-order valence-corrected chi connectivity index (χ2v) is 6.33. The number of nitrogens with zero attached hydrogens (tertiary/aromatic N) is 3. The van der Waals surface area contributed by atoms with E-state index in [1.807, 2.05) is 0 Å². The van der Waals surface area contributed by atoms with Crippen LogP contribution >= 0.6 is 23.2 Å². The van der Waals surface area contributed by atoms with Gasteiger partial charge in [-0.3, -0.25) is 14.4 Å². The zero-order valence-electron chi connectivity index (χ0n) is 13.4. The van der Waals surface area contributed by atoms with Crippen molar-refractivity contribution in [2.75, 3.05) is 37.6 Å². The van der Waals surface area contributed by atoms with Crippen LogP contribution in [0.5, 0.6) is 0 Å². The number of carbonyl (C=O) groups is 3. The zero-order chi connectivity index (χ0) is 17.7. The Hall–Kier alpha value is -1.79. The first-order valence-electron chi connectivity index (χ1n) is 7.63. The van der Waals surface area contributed by atoms with Gasteiger partial charge in [-0.1, -0.05) is 29.3 Å². The Morgan fingerprint density at radius 3 is 2.25 bits per heavy atom. The fraction of sp³-hybridized carbons (Fsp3) is 0.438. The number of hydrogen-bond acceptors (Lipinski definition) is 3. The lowest BCUT2D eigenvalue weighted by Gasteiger charge is -2.33. The molecule has 1 aliphatic heterocycles. The van der Waals surface area contributed by atoms with E-state index in [1.54, 1.807) is 28.0 Å². The Balaban J connectivity index is 2.01. The number of para-hydroxylation sites is 1. The SMILES string of the molecule is CC(=O)N(CCC(=O)N1CCN(C=O)CC1)c1c(Cl)cccc1Cl. The Morgan fingerprint density at radius 2 is 1.75 bits per heavy atom. The molecule has 1 saturated heterocycles. The molecule has 0 aromatic heterocycles. The molecule has 8 heteroatoms. The molecule has 3 amide bonds. The predicted molar refractivity (Wildman–Crippen MR) is 93.3 cm³/mol. The molecule has 1 heterocycles. The Kier molecular flexibility index (Phi) is 6.45. The van der Waals surface area contributed by atoms with E-state index in [2.05, 4.69) is 0 Å². The van der Waals surface area contributed by atoms with E-state index in [1.165, 1.54) is 11.8 Å². The molecule has 130 valence electrons. The minimum absolute atomic E-state index is 0.0602. The summed E-state index contributed by atoms with van der Waals surface area (Å²) in [5, 5.41) is 0.731. The molecule has 1 aliphatic rings. The van der Waals surface area contributed by atoms with Gasteiger partial charge in [0.25, 0.3) is 0 Å². The molecule has 6 nitrogen and oxygen atoms in total. The van der Waals surface area contributed by atoms with Crippen LogP contribution in [0, 0.1) is 0 Å². The van der Waals surface area contributed by atoms with Crippen LogP contribution in [0.15, 0.2) is 18.2 Å². The van der Waals surface area contributed by atoms with E-state index in [0.29, 0.717) is 41.9 Å². The molecule has 0 spiro atoms. The van der Waals surface area contributed by atoms with Gasteiger partial charge in [-0.15, -0.1) is 0 Å². The average Bonchev–Trinajstić information content (AvgIpc) is 2.57. The summed E-state index contributed by atoms with van der Waals surface area (Å²) >= 11 is 12.3. The van der Waals surface area contributed by atoms with Crippen LogP contribution in [0.2, 0.25) is 10.0 Å². The van der Waals surface area contributed by atoms with Gasteiger partial charge in [-0.25, -0.2) is 0 Å². The summed E-state index contributed by atoms with van der Waals surface area (Å²) in [7, 11) is 0. The van der Waals surface area contributed by atoms with E-state index >= 15 is 0 Å². The van der Waals surface area contributed by atoms with Gasteiger partial charge >= 0.3 is 0 Å². The van der Waals surface area contributed by atoms with Crippen LogP contribution < -0.4 is 4.90 Å². The first-order valence-corrected chi connectivity index (χ1v) is 8.39. The molecule has 0 unspecified atom stereocenters. The zero-order valence-corrected chi connectivity index (χ0v) is 14.9. The lowest BCUT2D eigenvalue weighted by molar-refractivity contribution is -0.135. The van der Waals surface area contributed by atoms with Gasteiger partial charge in [-0.05, 0) is 12.1 Å². The van der Waals surface area contributed by atoms with Crippen LogP contribution in [0.1, 0.15) is 13.3 Å². The van der Waals surface area contributed by atoms with E-state index < -0.39 is 0 Å². The van der Waals surface area contributed by atoms with Gasteiger partial charge in [-0.2, -0.15) is 0 Å². The van der Waals surface area contributed by atoms with Gasteiger partial charge in [0, 0.05) is 46.1 Å². The standard InChI is InChI=1S/C16H19Cl2N3O3/c1-12(23)21(16-13(17)3-2-4-14(16)18)6-5-15(24)20-9-7-19(11-22)8-10-20/h2-4,11H,5-10H2,1H3. The molecule has 1 fully saturated rings. The van der Waals surface area contributed by atoms with Crippen molar-refractivity contribution in [3.8, 4) is 0 Å². The number of amides is 3. The second kappa shape index (κ2) is 8.35. The van der Waals surface area contributed by atoms with Gasteiger partial charge in [0.05, 0.1) is 15.7 Å². The highest BCUT2D eigenvalue weighted by Crippen LogP contribution is 2.33. The number of piperazine rings is 1. The van der Waals surface area contributed by atoms with Crippen molar-refractivity contribution in [1.29, 1.82) is 0 Å². The molecule has 0 N–H and O–H groups in total. The molecule has 0 saturated carbocycles. The minimum atomic E-state index is -0.233. The molecule has 2 rings (SSSR count). The number of carbonyl (C=O) groups excluding carboxylic acids is 3. The van der Waals surface area contributed by atoms with Crippen molar-refractivity contribution in [2.45, 2.75) is 13.3 Å². The van der Waals surface area contributed by atoms with Crippen molar-refractivity contribution >= 4 is 47.1 Å². The maximum absolute atomic E-state index is 12.3. The Morgan fingerprint density at radius 1 is 1.17 bits per heavy atom. The van der Waals surface area contributed by atoms with E-state index in [0.717, 1.165) is 6.41 Å². The number of benzene rings is 1. The average molecular weight is 372 g/mol. The third-order valence-electron chi connectivity index (χ3n) is 3.95. The topological polar surface area (TPSA) is 60.9 Å². The summed E-state index contributed by atoms with van der Waals surface area (Å²) in [6.07, 6.45) is 0.959. The molecular formula is C16H19Cl2N3O3. The summed E-state index contributed by atoms with van der Waals surface area (Å²) in [5.74, 6) is -0.293. The van der Waals surface area contributed by atoms with Crippen molar-refractivity contribution in [3.05, 3.63) is 28.2 Å². The Labute approximate surface area is 150 Å². The van der Waals surface area contributed by atoms with Crippen LogP contribution in [-0.2, 0) is 14.4 Å². The van der Waals surface area contributed by atoms with E-state index in [4.69, 9.17) is 23.2 Å². The summed E-state index contributed by atoms with van der Waals surface area (Å²) in [5.41, 5.74) is 0.423. The molecular weight excluding hydrogens is 353 g/mol. The highest BCUT2D eigenvalue weighted by atomic mass is 35.5. The summed E-state index contributed by atoms with van der Waals surface area (Å²) in [6.45, 7) is 3.68. The smallest absolute Gasteiger partial charge is 0.224 e. The molecule has 1 aromatic carbocycles. The second-order valence-electron chi connectivity index (χ2n) is 5.51. The molecule has 0 radical (unpaired) electrons. The predicted octanol–water partition coefficient (Wildman–Crippen LogP) is 2.04. The number of anilines is 1. The van der Waals surface area contributed by atoms with E-state index in [-0.39, 0.29) is 24.8 Å². The van der Waals surface area contributed by atoms with Gasteiger partial charge in [0.2, 0.25) is 18.2 Å². The van der Waals surface area contributed by atoms with Crippen LogP contribution in [0.25, 0.3) is 0 Å². The highest BCUT2D eigenvalue weighted by Gasteiger charge is 2.23. The number of rotatable bonds is 5. The summed E-state index contributed by atoms with van der Waals surface area (Å²) < 4.78 is 0. The number of hydrogen-bond donors (Lipinski definition) is 0. The summed E-state index contributed by atoms with van der Waals surface area (Å²) in [4.78, 5) is 39.8. The first-order chi connectivity index (χ1) is 11.4. The molecule has 0 atom stereocenters. The molecule has 1 aromatic rings. The first kappa shape index (κ1) is 18.5. The maximum Gasteiger partial charge on any atom is 0.224 e. The van der Waals surface area contributed by atoms with Gasteiger partial charge in [0.15, 0.2) is 0 Å². The quantitative estimate of drug-likeness (QED) is 0.744. The molecule has 24 heavy (non-hydrogen) atoms. The lowest BCUT2D eigenvalue weighted by Crippen LogP contribution is -2.48. The van der Waals surface area contributed by atoms with Crippen molar-refractivity contribution in [1.82, 2.24) is 9.80 Å². The fourth-order valence-corrected chi connectivity index (χ4v) is 3.22. The Bertz CT molecular complexity index is 611. The lowest BCUT2D eigenvalue weighted by atomic mass is 10.2. The summed E-state index contributed by atoms with van der Waals surface area (Å²) in [6, 6.07) is 5.00. The van der Waals surface area contributed by atoms with Crippen LogP contribution in [-0.4, -0.2) is 60.7 Å². The fourth-order valence-electron chi connectivity index (χ4n) is 2.62. The van der Waals surface area contributed by atoms with Crippen molar-refractivity contribution < 1.29 is 14.4 Å². The number of halogens is 2. The minimum Gasteiger partial charge on any atom is -0.342 e. The normalized spacial score (nSPS) is 14.5. The molecule has 0 aliphatic carbocycles. The highest BCUT2D eigenvalue weighted by molar-refractivity contribution is 6.39. The monoisotopic (exact) mass is 371 g/mol. The van der Waals surface area contributed by atoms with Crippen LogP contribution in [0.3, 0.4) is 0 Å². The van der Waals surface area contributed by atoms with Crippen LogP contribution in [0.4, 0.5) is 5.69 Å². The largest absolute Gasteiger partial charge is 0.342 e. The third kappa shape index (κ3) is 4.39.